The molecule has 4 heterocycles. The molecule has 2 aromatic heterocycles. The minimum Gasteiger partial charge on any atom is -0.426 e. The SMILES string of the molecule is C[C@@H]1Cc2ccccc2CN1C(=O)c1ccc(Cl)cc1-c1cc(C(=O)N(c2ccc(OC(=O)C(C)(C)C)cc2)c2ccc3c(ccn3C)c2)c2n1CCNC2. The number of rotatable bonds is 6. The summed E-state index contributed by atoms with van der Waals surface area (Å²) >= 11 is 6.68. The molecule has 1 N–H and O–H groups in total. The molecule has 0 bridgehead atoms. The van der Waals surface area contributed by atoms with Crippen LogP contribution >= 0.6 is 11.6 Å². The predicted molar refractivity (Wildman–Crippen MR) is 217 cm³/mol. The minimum absolute atomic E-state index is 0.00683. The number of fused-ring (bicyclic) bond motifs is 3. The molecular formula is C45H44ClN5O4. The van der Waals surface area contributed by atoms with E-state index in [1.54, 1.807) is 56.0 Å². The summed E-state index contributed by atoms with van der Waals surface area (Å²) in [5.41, 5.74) is 7.41. The molecule has 9 nitrogen and oxygen atoms in total. The summed E-state index contributed by atoms with van der Waals surface area (Å²) in [5, 5.41) is 4.95. The summed E-state index contributed by atoms with van der Waals surface area (Å²) in [5.74, 6) is -0.255. The van der Waals surface area contributed by atoms with Gasteiger partial charge in [0.05, 0.1) is 11.0 Å². The van der Waals surface area contributed by atoms with Gasteiger partial charge in [-0.1, -0.05) is 35.9 Å². The second-order valence-corrected chi connectivity index (χ2v) is 16.0. The number of benzene rings is 4. The molecule has 2 amide bonds. The van der Waals surface area contributed by atoms with Crippen molar-refractivity contribution in [3.63, 3.8) is 0 Å². The van der Waals surface area contributed by atoms with Crippen LogP contribution in [0.25, 0.3) is 22.2 Å². The van der Waals surface area contributed by atoms with E-state index in [4.69, 9.17) is 16.3 Å². The molecule has 0 aliphatic carbocycles. The Bertz CT molecular complexity index is 2470. The topological polar surface area (TPSA) is 88.8 Å². The number of halogens is 1. The van der Waals surface area contributed by atoms with E-state index in [1.807, 2.05) is 77.3 Å². The third-order valence-electron chi connectivity index (χ3n) is 10.7. The van der Waals surface area contributed by atoms with Crippen LogP contribution in [-0.4, -0.2) is 44.4 Å². The van der Waals surface area contributed by atoms with Crippen LogP contribution in [0.5, 0.6) is 5.75 Å². The number of anilines is 2. The van der Waals surface area contributed by atoms with Gasteiger partial charge in [-0.25, -0.2) is 0 Å². The van der Waals surface area contributed by atoms with E-state index in [2.05, 4.69) is 28.9 Å². The van der Waals surface area contributed by atoms with Crippen molar-refractivity contribution in [2.24, 2.45) is 12.5 Å². The molecule has 6 aromatic rings. The van der Waals surface area contributed by atoms with Crippen LogP contribution < -0.4 is 15.0 Å². The van der Waals surface area contributed by atoms with E-state index >= 15 is 4.79 Å². The fourth-order valence-electron chi connectivity index (χ4n) is 7.70. The highest BCUT2D eigenvalue weighted by Crippen LogP contribution is 2.38. The number of amides is 2. The number of hydrogen-bond acceptors (Lipinski definition) is 5. The first kappa shape index (κ1) is 36.3. The number of aromatic nitrogens is 2. The van der Waals surface area contributed by atoms with Crippen molar-refractivity contribution < 1.29 is 19.1 Å². The van der Waals surface area contributed by atoms with Gasteiger partial charge in [-0.3, -0.25) is 19.3 Å². The molecule has 0 spiro atoms. The zero-order valence-corrected chi connectivity index (χ0v) is 32.5. The van der Waals surface area contributed by atoms with Crippen molar-refractivity contribution >= 4 is 51.7 Å². The van der Waals surface area contributed by atoms with Crippen LogP contribution in [0.1, 0.15) is 65.2 Å². The summed E-state index contributed by atoms with van der Waals surface area (Å²) < 4.78 is 9.85. The van der Waals surface area contributed by atoms with Gasteiger partial charge in [-0.2, -0.15) is 0 Å². The quantitative estimate of drug-likeness (QED) is 0.136. The fourth-order valence-corrected chi connectivity index (χ4v) is 7.87. The van der Waals surface area contributed by atoms with Gasteiger partial charge in [0.15, 0.2) is 0 Å². The molecule has 4 aromatic carbocycles. The summed E-state index contributed by atoms with van der Waals surface area (Å²) in [6.45, 7) is 9.81. The zero-order chi connectivity index (χ0) is 38.6. The molecule has 2 aliphatic rings. The average molecular weight is 754 g/mol. The molecular weight excluding hydrogens is 710 g/mol. The Morgan fingerprint density at radius 1 is 0.873 bits per heavy atom. The van der Waals surface area contributed by atoms with Gasteiger partial charge in [0.25, 0.3) is 11.8 Å². The largest absolute Gasteiger partial charge is 0.426 e. The lowest BCUT2D eigenvalue weighted by molar-refractivity contribution is -0.143. The van der Waals surface area contributed by atoms with Gasteiger partial charge in [0.2, 0.25) is 0 Å². The van der Waals surface area contributed by atoms with E-state index < -0.39 is 5.41 Å². The number of nitrogens with zero attached hydrogens (tertiary/aromatic N) is 4. The standard InChI is InChI=1S/C45H44ClN5O4/c1-28-22-29-8-6-7-9-31(29)27-50(28)42(52)36-16-10-32(46)24-37(36)40-25-38(41-26-47-19-21-49(40)41)43(53)51(34-13-17-39-30(23-34)18-20-48(39)5)33-11-14-35(15-12-33)55-44(54)45(2,3)4/h6-18,20,23-25,28,47H,19,21-22,26-27H2,1-5H3/t28-/m1/s1. The van der Waals surface area contributed by atoms with Gasteiger partial charge in [0, 0.05) is 95.3 Å². The Kier molecular flexibility index (Phi) is 9.39. The van der Waals surface area contributed by atoms with Crippen LogP contribution in [0.2, 0.25) is 5.02 Å². The number of carbonyl (C=O) groups is 3. The van der Waals surface area contributed by atoms with Crippen molar-refractivity contribution in [1.29, 1.82) is 0 Å². The summed E-state index contributed by atoms with van der Waals surface area (Å²) in [6, 6.07) is 30.6. The Labute approximate surface area is 326 Å². The molecule has 8 rings (SSSR count). The van der Waals surface area contributed by atoms with Crippen LogP contribution in [0.15, 0.2) is 103 Å². The highest BCUT2D eigenvalue weighted by molar-refractivity contribution is 6.31. The maximum absolute atomic E-state index is 15.2. The lowest BCUT2D eigenvalue weighted by Gasteiger charge is -2.35. The predicted octanol–water partition coefficient (Wildman–Crippen LogP) is 8.92. The van der Waals surface area contributed by atoms with Crippen molar-refractivity contribution in [3.05, 3.63) is 136 Å². The van der Waals surface area contributed by atoms with Crippen molar-refractivity contribution in [2.75, 3.05) is 11.4 Å². The van der Waals surface area contributed by atoms with Crippen LogP contribution in [-0.2, 0) is 37.9 Å². The third-order valence-corrected chi connectivity index (χ3v) is 11.0. The Balaban J connectivity index is 1.22. The zero-order valence-electron chi connectivity index (χ0n) is 31.7. The first-order valence-electron chi connectivity index (χ1n) is 18.7. The number of carbonyl (C=O) groups excluding carboxylic acids is 3. The second-order valence-electron chi connectivity index (χ2n) is 15.6. The Morgan fingerprint density at radius 2 is 1.62 bits per heavy atom. The lowest BCUT2D eigenvalue weighted by Crippen LogP contribution is -2.42. The van der Waals surface area contributed by atoms with Gasteiger partial charge >= 0.3 is 5.97 Å². The number of aryl methyl sites for hydroxylation is 1. The summed E-state index contributed by atoms with van der Waals surface area (Å²) in [4.78, 5) is 46.0. The van der Waals surface area contributed by atoms with Crippen molar-refractivity contribution in [3.8, 4) is 17.0 Å². The fraction of sp³-hybridized carbons (Fsp3) is 0.267. The van der Waals surface area contributed by atoms with Crippen LogP contribution in [0, 0.1) is 5.41 Å². The number of nitrogens with one attached hydrogen (secondary N) is 1. The lowest BCUT2D eigenvalue weighted by atomic mass is 9.93. The molecule has 280 valence electrons. The average Bonchev–Trinajstić information content (AvgIpc) is 3.75. The Morgan fingerprint density at radius 3 is 2.38 bits per heavy atom. The molecule has 2 aliphatic heterocycles. The normalized spacial score (nSPS) is 15.4. The molecule has 0 saturated heterocycles. The number of hydrogen-bond donors (Lipinski definition) is 1. The van der Waals surface area contributed by atoms with E-state index in [9.17, 15) is 9.59 Å². The second kappa shape index (κ2) is 14.2. The first-order valence-corrected chi connectivity index (χ1v) is 19.1. The molecule has 10 heteroatoms. The highest BCUT2D eigenvalue weighted by Gasteiger charge is 2.33. The Hall–Kier alpha value is -5.64. The molecule has 55 heavy (non-hydrogen) atoms. The molecule has 0 unspecified atom stereocenters. The van der Waals surface area contributed by atoms with E-state index in [1.165, 1.54) is 5.56 Å². The third kappa shape index (κ3) is 6.83. The highest BCUT2D eigenvalue weighted by atomic mass is 35.5. The van der Waals surface area contributed by atoms with E-state index in [0.29, 0.717) is 65.0 Å². The van der Waals surface area contributed by atoms with Gasteiger partial charge < -0.3 is 24.1 Å². The van der Waals surface area contributed by atoms with E-state index in [0.717, 1.165) is 34.3 Å². The number of ether oxygens (including phenoxy) is 1. The summed E-state index contributed by atoms with van der Waals surface area (Å²) in [6.07, 6.45) is 2.77. The molecule has 0 radical (unpaired) electrons. The molecule has 0 fully saturated rings. The van der Waals surface area contributed by atoms with Crippen molar-refractivity contribution in [1.82, 2.24) is 19.4 Å². The molecule has 1 atom stereocenters. The van der Waals surface area contributed by atoms with Gasteiger partial charge in [-0.05, 0) is 118 Å². The maximum Gasteiger partial charge on any atom is 0.316 e. The van der Waals surface area contributed by atoms with E-state index in [-0.39, 0.29) is 23.8 Å². The summed E-state index contributed by atoms with van der Waals surface area (Å²) in [7, 11) is 1.99. The van der Waals surface area contributed by atoms with Crippen molar-refractivity contribution in [2.45, 2.75) is 59.8 Å². The first-order chi connectivity index (χ1) is 26.4. The van der Waals surface area contributed by atoms with Gasteiger partial charge in [0.1, 0.15) is 5.75 Å². The molecule has 0 saturated carbocycles. The number of esters is 1. The van der Waals surface area contributed by atoms with Gasteiger partial charge in [-0.15, -0.1) is 0 Å². The van der Waals surface area contributed by atoms with Crippen LogP contribution in [0.3, 0.4) is 0 Å². The monoisotopic (exact) mass is 753 g/mol. The minimum atomic E-state index is -0.670. The smallest absolute Gasteiger partial charge is 0.316 e. The van der Waals surface area contributed by atoms with Crippen LogP contribution in [0.4, 0.5) is 11.4 Å². The maximum atomic E-state index is 15.2.